The van der Waals surface area contributed by atoms with Crippen molar-refractivity contribution in [1.82, 2.24) is 0 Å². The highest BCUT2D eigenvalue weighted by Crippen LogP contribution is 2.35. The van der Waals surface area contributed by atoms with Gasteiger partial charge in [-0.2, -0.15) is 0 Å². The highest BCUT2D eigenvalue weighted by molar-refractivity contribution is 7.90. The number of para-hydroxylation sites is 1. The molecule has 1 heterocycles. The number of nitro benzene ring substituents is 1. The molecule has 0 amide bonds. The van der Waals surface area contributed by atoms with Crippen LogP contribution in [0.15, 0.2) is 47.4 Å². The second kappa shape index (κ2) is 7.56. The molecule has 0 aliphatic carbocycles. The molecule has 0 atom stereocenters. The lowest BCUT2D eigenvalue weighted by molar-refractivity contribution is -0.387. The number of piperazine rings is 1. The van der Waals surface area contributed by atoms with E-state index < -0.39 is 14.8 Å². The predicted octanol–water partition coefficient (Wildman–Crippen LogP) is 2.89. The SMILES string of the molecule is CCc1ccc(N2CCN(c3cccc(S(C)(=O)=O)c3[N+](=O)[O-])CC2)cc1. The van der Waals surface area contributed by atoms with E-state index in [-0.39, 0.29) is 10.6 Å². The first-order valence-corrected chi connectivity index (χ1v) is 10.8. The van der Waals surface area contributed by atoms with Gasteiger partial charge in [0.2, 0.25) is 0 Å². The Hall–Kier alpha value is -2.61. The molecule has 0 bridgehead atoms. The molecule has 144 valence electrons. The lowest BCUT2D eigenvalue weighted by Gasteiger charge is -2.37. The summed E-state index contributed by atoms with van der Waals surface area (Å²) in [5, 5.41) is 11.6. The molecule has 2 aromatic rings. The molecule has 1 aliphatic heterocycles. The number of sulfone groups is 1. The first-order chi connectivity index (χ1) is 12.8. The van der Waals surface area contributed by atoms with Crippen LogP contribution in [0.25, 0.3) is 0 Å². The summed E-state index contributed by atoms with van der Waals surface area (Å²) in [4.78, 5) is 14.9. The van der Waals surface area contributed by atoms with Crippen LogP contribution in [0.3, 0.4) is 0 Å². The fourth-order valence-electron chi connectivity index (χ4n) is 3.40. The summed E-state index contributed by atoms with van der Waals surface area (Å²) in [6.45, 7) is 4.72. The van der Waals surface area contributed by atoms with E-state index in [1.807, 2.05) is 4.90 Å². The molecular formula is C19H23N3O4S. The van der Waals surface area contributed by atoms with Crippen LogP contribution in [-0.2, 0) is 16.3 Å². The van der Waals surface area contributed by atoms with E-state index in [2.05, 4.69) is 36.1 Å². The van der Waals surface area contributed by atoms with E-state index in [4.69, 9.17) is 0 Å². The fraction of sp³-hybridized carbons (Fsp3) is 0.368. The van der Waals surface area contributed by atoms with Crippen molar-refractivity contribution in [2.75, 3.05) is 42.2 Å². The van der Waals surface area contributed by atoms with Crippen LogP contribution in [0.2, 0.25) is 0 Å². The zero-order chi connectivity index (χ0) is 19.6. The third kappa shape index (κ3) is 4.05. The largest absolute Gasteiger partial charge is 0.368 e. The van der Waals surface area contributed by atoms with Crippen LogP contribution in [0.4, 0.5) is 17.1 Å². The van der Waals surface area contributed by atoms with Gasteiger partial charge in [0.15, 0.2) is 9.84 Å². The average molecular weight is 389 g/mol. The van der Waals surface area contributed by atoms with Gasteiger partial charge in [-0.25, -0.2) is 8.42 Å². The molecule has 0 radical (unpaired) electrons. The van der Waals surface area contributed by atoms with E-state index in [1.165, 1.54) is 11.6 Å². The topological polar surface area (TPSA) is 83.8 Å². The van der Waals surface area contributed by atoms with Crippen molar-refractivity contribution in [2.24, 2.45) is 0 Å². The van der Waals surface area contributed by atoms with Gasteiger partial charge in [0.25, 0.3) is 0 Å². The molecule has 0 aromatic heterocycles. The van der Waals surface area contributed by atoms with Gasteiger partial charge in [-0.05, 0) is 36.2 Å². The Morgan fingerprint density at radius 2 is 1.59 bits per heavy atom. The summed E-state index contributed by atoms with van der Waals surface area (Å²) < 4.78 is 23.9. The van der Waals surface area contributed by atoms with E-state index in [0.29, 0.717) is 31.9 Å². The van der Waals surface area contributed by atoms with Crippen molar-refractivity contribution in [3.05, 3.63) is 58.1 Å². The summed E-state index contributed by atoms with van der Waals surface area (Å²) in [5.74, 6) is 0. The lowest BCUT2D eigenvalue weighted by atomic mass is 10.1. The Morgan fingerprint density at radius 1 is 1.00 bits per heavy atom. The Morgan fingerprint density at radius 3 is 2.11 bits per heavy atom. The van der Waals surface area contributed by atoms with Gasteiger partial charge in [-0.1, -0.05) is 25.1 Å². The molecule has 0 saturated carbocycles. The maximum Gasteiger partial charge on any atom is 0.311 e. The molecule has 7 nitrogen and oxygen atoms in total. The number of rotatable bonds is 5. The number of hydrogen-bond donors (Lipinski definition) is 0. The van der Waals surface area contributed by atoms with Gasteiger partial charge in [0.1, 0.15) is 10.6 Å². The van der Waals surface area contributed by atoms with Gasteiger partial charge >= 0.3 is 5.69 Å². The molecule has 0 N–H and O–H groups in total. The van der Waals surface area contributed by atoms with Crippen LogP contribution in [0.5, 0.6) is 0 Å². The number of hydrogen-bond acceptors (Lipinski definition) is 6. The number of nitro groups is 1. The molecular weight excluding hydrogens is 366 g/mol. The normalized spacial score (nSPS) is 15.0. The van der Waals surface area contributed by atoms with Crippen LogP contribution >= 0.6 is 0 Å². The zero-order valence-corrected chi connectivity index (χ0v) is 16.3. The molecule has 0 spiro atoms. The minimum Gasteiger partial charge on any atom is -0.368 e. The zero-order valence-electron chi connectivity index (χ0n) is 15.5. The highest BCUT2D eigenvalue weighted by Gasteiger charge is 2.30. The fourth-order valence-corrected chi connectivity index (χ4v) is 4.25. The quantitative estimate of drug-likeness (QED) is 0.578. The number of nitrogens with zero attached hydrogens (tertiary/aromatic N) is 3. The molecule has 27 heavy (non-hydrogen) atoms. The maximum absolute atomic E-state index is 12.0. The van der Waals surface area contributed by atoms with Gasteiger partial charge in [-0.15, -0.1) is 0 Å². The van der Waals surface area contributed by atoms with Crippen LogP contribution in [0.1, 0.15) is 12.5 Å². The van der Waals surface area contributed by atoms with Gasteiger partial charge in [0, 0.05) is 38.1 Å². The standard InChI is InChI=1S/C19H23N3O4S/c1-3-15-7-9-16(10-8-15)20-11-13-21(14-12-20)17-5-4-6-18(27(2,25)26)19(17)22(23)24/h4-10H,3,11-14H2,1-2H3. The Kier molecular flexibility index (Phi) is 5.36. The van der Waals surface area contributed by atoms with E-state index in [0.717, 1.165) is 18.4 Å². The van der Waals surface area contributed by atoms with Crippen molar-refractivity contribution < 1.29 is 13.3 Å². The summed E-state index contributed by atoms with van der Waals surface area (Å²) in [6, 6.07) is 12.9. The minimum atomic E-state index is -3.68. The Balaban J connectivity index is 1.82. The van der Waals surface area contributed by atoms with Gasteiger partial charge in [0.05, 0.1) is 4.92 Å². The third-order valence-corrected chi connectivity index (χ3v) is 6.02. The summed E-state index contributed by atoms with van der Waals surface area (Å²) in [6.07, 6.45) is 1.99. The van der Waals surface area contributed by atoms with Crippen molar-refractivity contribution in [3.63, 3.8) is 0 Å². The van der Waals surface area contributed by atoms with Gasteiger partial charge < -0.3 is 9.80 Å². The maximum atomic E-state index is 12.0. The predicted molar refractivity (Wildman–Crippen MR) is 106 cm³/mol. The molecule has 3 rings (SSSR count). The van der Waals surface area contributed by atoms with E-state index in [9.17, 15) is 18.5 Å². The average Bonchev–Trinajstić information content (AvgIpc) is 2.67. The second-order valence-corrected chi connectivity index (χ2v) is 8.63. The first kappa shape index (κ1) is 19.2. The van der Waals surface area contributed by atoms with Crippen molar-refractivity contribution in [1.29, 1.82) is 0 Å². The van der Waals surface area contributed by atoms with Crippen LogP contribution in [0, 0.1) is 10.1 Å². The molecule has 1 fully saturated rings. The van der Waals surface area contributed by atoms with E-state index in [1.54, 1.807) is 12.1 Å². The molecule has 8 heteroatoms. The monoisotopic (exact) mass is 389 g/mol. The lowest BCUT2D eigenvalue weighted by Crippen LogP contribution is -2.46. The molecule has 0 unspecified atom stereocenters. The summed E-state index contributed by atoms with van der Waals surface area (Å²) in [7, 11) is -3.68. The number of benzene rings is 2. The Labute approximate surface area is 159 Å². The molecule has 1 saturated heterocycles. The molecule has 2 aromatic carbocycles. The summed E-state index contributed by atoms with van der Waals surface area (Å²) in [5.41, 5.74) is 2.45. The first-order valence-electron chi connectivity index (χ1n) is 8.87. The van der Waals surface area contributed by atoms with Gasteiger partial charge in [-0.3, -0.25) is 10.1 Å². The van der Waals surface area contributed by atoms with Crippen molar-refractivity contribution in [2.45, 2.75) is 18.2 Å². The summed E-state index contributed by atoms with van der Waals surface area (Å²) >= 11 is 0. The third-order valence-electron chi connectivity index (χ3n) is 4.89. The van der Waals surface area contributed by atoms with E-state index >= 15 is 0 Å². The molecule has 1 aliphatic rings. The minimum absolute atomic E-state index is 0.234. The van der Waals surface area contributed by atoms with Crippen molar-refractivity contribution >= 4 is 26.9 Å². The highest BCUT2D eigenvalue weighted by atomic mass is 32.2. The smallest absolute Gasteiger partial charge is 0.311 e. The van der Waals surface area contributed by atoms with Crippen LogP contribution in [-0.4, -0.2) is 45.8 Å². The van der Waals surface area contributed by atoms with Crippen molar-refractivity contribution in [3.8, 4) is 0 Å². The van der Waals surface area contributed by atoms with Crippen LogP contribution < -0.4 is 9.80 Å². The Bertz CT molecular complexity index is 934. The number of aryl methyl sites for hydroxylation is 1. The number of anilines is 2. The second-order valence-electron chi connectivity index (χ2n) is 6.65.